The third-order valence-electron chi connectivity index (χ3n) is 3.51. The van der Waals surface area contributed by atoms with Gasteiger partial charge in [-0.2, -0.15) is 0 Å². The molecule has 1 heterocycles. The number of thiocarbonyl (C=S) groups is 1. The zero-order chi connectivity index (χ0) is 16.8. The number of anilines is 1. The molecule has 2 amide bonds. The Bertz CT molecular complexity index is 603. The summed E-state index contributed by atoms with van der Waals surface area (Å²) < 4.78 is 5.88. The number of carbonyl (C=O) groups excluding carboxylic acids is 2. The second-order valence-corrected chi connectivity index (χ2v) is 6.92. The topological polar surface area (TPSA) is 58.6 Å². The van der Waals surface area contributed by atoms with Crippen molar-refractivity contribution >= 4 is 45.8 Å². The Labute approximate surface area is 145 Å². The van der Waals surface area contributed by atoms with Crippen LogP contribution in [0.5, 0.6) is 5.75 Å². The number of hydrogen-bond acceptors (Lipinski definition) is 5. The predicted octanol–water partition coefficient (Wildman–Crippen LogP) is 2.97. The van der Waals surface area contributed by atoms with Crippen molar-refractivity contribution < 1.29 is 14.3 Å². The van der Waals surface area contributed by atoms with Crippen LogP contribution in [0.15, 0.2) is 18.2 Å². The van der Waals surface area contributed by atoms with Crippen LogP contribution >= 0.6 is 24.0 Å². The molecular formula is C16H20N2O3S2. The first-order valence-electron chi connectivity index (χ1n) is 7.43. The average Bonchev–Trinajstić information content (AvgIpc) is 2.83. The number of carbonyl (C=O) groups is 2. The number of aryl methyl sites for hydroxylation is 1. The van der Waals surface area contributed by atoms with Gasteiger partial charge >= 0.3 is 0 Å². The van der Waals surface area contributed by atoms with Crippen molar-refractivity contribution in [1.82, 2.24) is 4.90 Å². The van der Waals surface area contributed by atoms with E-state index in [0.717, 1.165) is 12.0 Å². The highest BCUT2D eigenvalue weighted by molar-refractivity contribution is 8.23. The predicted molar refractivity (Wildman–Crippen MR) is 97.0 cm³/mol. The molecule has 2 rings (SSSR count). The summed E-state index contributed by atoms with van der Waals surface area (Å²) in [5.74, 6) is 1.09. The Balaban J connectivity index is 1.76. The van der Waals surface area contributed by atoms with Crippen molar-refractivity contribution in [2.24, 2.45) is 0 Å². The molecule has 1 saturated heterocycles. The number of rotatable bonds is 7. The minimum absolute atomic E-state index is 0.0569. The molecule has 1 N–H and O–H groups in total. The summed E-state index contributed by atoms with van der Waals surface area (Å²) in [5.41, 5.74) is 1.74. The summed E-state index contributed by atoms with van der Waals surface area (Å²) in [7, 11) is 1.58. The number of benzene rings is 1. The first-order valence-corrected chi connectivity index (χ1v) is 8.82. The SMILES string of the molecule is COc1ccc(C)cc1NC(=O)CCCCN1C(=O)CSC1=S. The van der Waals surface area contributed by atoms with Crippen LogP contribution in [0.4, 0.5) is 5.69 Å². The van der Waals surface area contributed by atoms with Gasteiger partial charge in [0.25, 0.3) is 0 Å². The number of nitrogens with zero attached hydrogens (tertiary/aromatic N) is 1. The van der Waals surface area contributed by atoms with E-state index in [0.29, 0.717) is 40.9 Å². The van der Waals surface area contributed by atoms with E-state index < -0.39 is 0 Å². The van der Waals surface area contributed by atoms with Gasteiger partial charge in [0.2, 0.25) is 11.8 Å². The lowest BCUT2D eigenvalue weighted by atomic mass is 10.2. The Hall–Kier alpha value is -1.60. The van der Waals surface area contributed by atoms with Gasteiger partial charge in [-0.1, -0.05) is 30.0 Å². The van der Waals surface area contributed by atoms with E-state index in [1.807, 2.05) is 25.1 Å². The summed E-state index contributed by atoms with van der Waals surface area (Å²) in [6.07, 6.45) is 1.86. The molecule has 0 aromatic heterocycles. The fraction of sp³-hybridized carbons (Fsp3) is 0.438. The maximum atomic E-state index is 12.0. The van der Waals surface area contributed by atoms with E-state index >= 15 is 0 Å². The van der Waals surface area contributed by atoms with Crippen LogP contribution in [-0.4, -0.2) is 40.4 Å². The summed E-state index contributed by atoms with van der Waals surface area (Å²) in [6.45, 7) is 2.55. The van der Waals surface area contributed by atoms with Crippen LogP contribution in [-0.2, 0) is 9.59 Å². The minimum atomic E-state index is -0.0569. The van der Waals surface area contributed by atoms with Crippen molar-refractivity contribution in [3.8, 4) is 5.75 Å². The minimum Gasteiger partial charge on any atom is -0.495 e. The standard InChI is InChI=1S/C16H20N2O3S2/c1-11-6-7-13(21-2)12(9-11)17-14(19)5-3-4-8-18-15(20)10-23-16(18)22/h6-7,9H,3-5,8,10H2,1-2H3,(H,17,19). The lowest BCUT2D eigenvalue weighted by Gasteiger charge is -2.14. The third-order valence-corrected chi connectivity index (χ3v) is 4.94. The van der Waals surface area contributed by atoms with Gasteiger partial charge in [-0.15, -0.1) is 0 Å². The molecule has 1 aliphatic rings. The van der Waals surface area contributed by atoms with Gasteiger partial charge in [-0.05, 0) is 37.5 Å². The quantitative estimate of drug-likeness (QED) is 0.604. The van der Waals surface area contributed by atoms with Crippen LogP contribution in [0.3, 0.4) is 0 Å². The molecule has 0 atom stereocenters. The molecule has 0 bridgehead atoms. The lowest BCUT2D eigenvalue weighted by molar-refractivity contribution is -0.124. The first kappa shape index (κ1) is 17.7. The Kier molecular flexibility index (Phi) is 6.41. The van der Waals surface area contributed by atoms with Crippen molar-refractivity contribution in [2.45, 2.75) is 26.2 Å². The second-order valence-electron chi connectivity index (χ2n) is 5.31. The maximum absolute atomic E-state index is 12.0. The van der Waals surface area contributed by atoms with Gasteiger partial charge in [0.15, 0.2) is 0 Å². The highest BCUT2D eigenvalue weighted by atomic mass is 32.2. The molecule has 1 aliphatic heterocycles. The highest BCUT2D eigenvalue weighted by Crippen LogP contribution is 2.25. The van der Waals surface area contributed by atoms with Crippen molar-refractivity contribution in [1.29, 1.82) is 0 Å². The van der Waals surface area contributed by atoms with Crippen LogP contribution in [0.25, 0.3) is 0 Å². The summed E-state index contributed by atoms with van der Waals surface area (Å²) in [5, 5.41) is 2.87. The molecule has 0 saturated carbocycles. The lowest BCUT2D eigenvalue weighted by Crippen LogP contribution is -2.29. The van der Waals surface area contributed by atoms with E-state index in [-0.39, 0.29) is 11.8 Å². The zero-order valence-corrected chi connectivity index (χ0v) is 14.9. The summed E-state index contributed by atoms with van der Waals surface area (Å²) >= 11 is 6.52. The van der Waals surface area contributed by atoms with Gasteiger partial charge < -0.3 is 10.1 Å². The largest absolute Gasteiger partial charge is 0.495 e. The maximum Gasteiger partial charge on any atom is 0.238 e. The molecular weight excluding hydrogens is 332 g/mol. The molecule has 0 unspecified atom stereocenters. The average molecular weight is 352 g/mol. The molecule has 23 heavy (non-hydrogen) atoms. The van der Waals surface area contributed by atoms with Crippen molar-refractivity contribution in [3.05, 3.63) is 23.8 Å². The number of methoxy groups -OCH3 is 1. The fourth-order valence-corrected chi connectivity index (χ4v) is 3.41. The first-order chi connectivity index (χ1) is 11.0. The second kappa shape index (κ2) is 8.31. The number of nitrogens with one attached hydrogen (secondary N) is 1. The zero-order valence-electron chi connectivity index (χ0n) is 13.3. The molecule has 1 aromatic rings. The van der Waals surface area contributed by atoms with E-state index in [1.165, 1.54) is 11.8 Å². The van der Waals surface area contributed by atoms with Gasteiger partial charge in [0.05, 0.1) is 18.6 Å². The molecule has 1 fully saturated rings. The van der Waals surface area contributed by atoms with Gasteiger partial charge in [0.1, 0.15) is 10.1 Å². The van der Waals surface area contributed by atoms with Crippen molar-refractivity contribution in [2.75, 3.05) is 24.7 Å². The summed E-state index contributed by atoms with van der Waals surface area (Å²) in [6, 6.07) is 5.65. The van der Waals surface area contributed by atoms with Gasteiger partial charge in [-0.3, -0.25) is 14.5 Å². The normalized spacial score (nSPS) is 14.3. The number of amides is 2. The van der Waals surface area contributed by atoms with E-state index in [4.69, 9.17) is 17.0 Å². The molecule has 124 valence electrons. The van der Waals surface area contributed by atoms with Gasteiger partial charge in [-0.25, -0.2) is 0 Å². The molecule has 0 aliphatic carbocycles. The monoisotopic (exact) mass is 352 g/mol. The Morgan fingerprint density at radius 3 is 2.87 bits per heavy atom. The number of hydrogen-bond donors (Lipinski definition) is 1. The Morgan fingerprint density at radius 1 is 1.43 bits per heavy atom. The number of thioether (sulfide) groups is 1. The van der Waals surface area contributed by atoms with Crippen molar-refractivity contribution in [3.63, 3.8) is 0 Å². The molecule has 0 radical (unpaired) electrons. The highest BCUT2D eigenvalue weighted by Gasteiger charge is 2.25. The number of ether oxygens (including phenoxy) is 1. The van der Waals surface area contributed by atoms with Crippen LogP contribution < -0.4 is 10.1 Å². The smallest absolute Gasteiger partial charge is 0.238 e. The molecule has 0 spiro atoms. The number of unbranched alkanes of at least 4 members (excludes halogenated alkanes) is 1. The summed E-state index contributed by atoms with van der Waals surface area (Å²) in [4.78, 5) is 25.2. The van der Waals surface area contributed by atoms with Crippen LogP contribution in [0.1, 0.15) is 24.8 Å². The van der Waals surface area contributed by atoms with Crippen LogP contribution in [0.2, 0.25) is 0 Å². The molecule has 1 aromatic carbocycles. The van der Waals surface area contributed by atoms with E-state index in [1.54, 1.807) is 12.0 Å². The Morgan fingerprint density at radius 2 is 2.22 bits per heavy atom. The third kappa shape index (κ3) is 4.94. The van der Waals surface area contributed by atoms with E-state index in [9.17, 15) is 9.59 Å². The fourth-order valence-electron chi connectivity index (χ4n) is 2.28. The van der Waals surface area contributed by atoms with Gasteiger partial charge in [0, 0.05) is 13.0 Å². The van der Waals surface area contributed by atoms with E-state index in [2.05, 4.69) is 5.32 Å². The molecule has 7 heteroatoms. The van der Waals surface area contributed by atoms with Crippen LogP contribution in [0, 0.1) is 6.92 Å². The molecule has 5 nitrogen and oxygen atoms in total.